The minimum absolute atomic E-state index is 0.00571. The third-order valence-corrected chi connectivity index (χ3v) is 27.0. The monoisotopic (exact) mass is 1410 g/mol. The van der Waals surface area contributed by atoms with E-state index in [2.05, 4.69) is 334 Å². The Bertz CT molecular complexity index is 6960. The Kier molecular flexibility index (Phi) is 12.4. The van der Waals surface area contributed by atoms with Gasteiger partial charge in [0.25, 0.3) is 0 Å². The summed E-state index contributed by atoms with van der Waals surface area (Å²) in [5, 5.41) is 12.0. The van der Waals surface area contributed by atoms with E-state index < -0.39 is 0 Å². The molecule has 0 atom stereocenters. The highest BCUT2D eigenvalue weighted by molar-refractivity contribution is 7.33. The van der Waals surface area contributed by atoms with E-state index >= 15 is 0 Å². The molecule has 106 heavy (non-hydrogen) atoms. The Labute approximate surface area is 626 Å². The molecule has 0 aliphatic carbocycles. The van der Waals surface area contributed by atoms with Gasteiger partial charge in [-0.25, -0.2) is 0 Å². The number of rotatable bonds is 5. The van der Waals surface area contributed by atoms with Gasteiger partial charge < -0.3 is 27.6 Å². The van der Waals surface area contributed by atoms with Gasteiger partial charge in [-0.3, -0.25) is 0 Å². The van der Waals surface area contributed by atoms with Crippen LogP contribution in [0.4, 0.5) is 22.7 Å². The van der Waals surface area contributed by atoms with Crippen molar-refractivity contribution in [1.29, 1.82) is 0 Å². The van der Waals surface area contributed by atoms with Crippen molar-refractivity contribution in [2.45, 2.75) is 130 Å². The maximum atomic E-state index is 7.55. The third-order valence-electron chi connectivity index (χ3n) is 24.6. The SMILES string of the molecule is CC(C)(C)c1ccc(N2B3c4sc5ccc(C(C)(C)C)cc5c4-n4c5ccc(C(C)(C)Cc6ccc7oc8c(c9c%10c%11c8c8ccccc8n%11-c8c(sc%11ccc(C(C)(C)C)cc8%11)B%10N(c8ccccc8)c8ccccc8-9)c7c6)cc5c5c6oc7ccccc7c6c(c3c54)-c3cc(C(C)(C)C)ccc32)cc1. The smallest absolute Gasteiger partial charge is 0.343 e. The van der Waals surface area contributed by atoms with E-state index in [0.29, 0.717) is 0 Å². The molecule has 18 aromatic rings. The summed E-state index contributed by atoms with van der Waals surface area (Å²) in [6.45, 7) is 32.7. The number of para-hydroxylation sites is 4. The fourth-order valence-electron chi connectivity index (χ4n) is 19.3. The Hall–Kier alpha value is -10.5. The molecule has 0 N–H and O–H groups in total. The summed E-state index contributed by atoms with van der Waals surface area (Å²) in [7, 11) is 0. The van der Waals surface area contributed by atoms with E-state index in [4.69, 9.17) is 8.83 Å². The third kappa shape index (κ3) is 8.40. The molecule has 10 heteroatoms. The van der Waals surface area contributed by atoms with Crippen molar-refractivity contribution < 1.29 is 8.83 Å². The molecule has 6 nitrogen and oxygen atoms in total. The number of hydrogen-bond acceptors (Lipinski definition) is 6. The molecule has 4 aliphatic rings. The number of hydrogen-bond donors (Lipinski definition) is 0. The zero-order valence-corrected chi connectivity index (χ0v) is 64.2. The van der Waals surface area contributed by atoms with Gasteiger partial charge in [-0.15, -0.1) is 22.7 Å². The van der Waals surface area contributed by atoms with Crippen molar-refractivity contribution in [2.75, 3.05) is 9.62 Å². The zero-order chi connectivity index (χ0) is 72.0. The van der Waals surface area contributed by atoms with Crippen LogP contribution in [0.5, 0.6) is 0 Å². The number of aromatic nitrogens is 2. The summed E-state index contributed by atoms with van der Waals surface area (Å²) in [4.78, 5) is 5.36. The Morgan fingerprint density at radius 2 is 0.821 bits per heavy atom. The van der Waals surface area contributed by atoms with Crippen LogP contribution in [0.3, 0.4) is 0 Å². The van der Waals surface area contributed by atoms with Crippen molar-refractivity contribution in [3.8, 4) is 33.6 Å². The maximum absolute atomic E-state index is 7.55. The lowest BCUT2D eigenvalue weighted by Crippen LogP contribution is -2.59. The number of fused-ring (bicyclic) bond motifs is 30. The first-order valence-electron chi connectivity index (χ1n) is 37.9. The summed E-state index contributed by atoms with van der Waals surface area (Å²) < 4.78 is 25.7. The van der Waals surface area contributed by atoms with Crippen LogP contribution in [-0.2, 0) is 33.5 Å². The topological polar surface area (TPSA) is 42.6 Å². The zero-order valence-electron chi connectivity index (χ0n) is 62.6. The number of benzene rings is 12. The van der Waals surface area contributed by atoms with E-state index in [1.54, 1.807) is 0 Å². The summed E-state index contributed by atoms with van der Waals surface area (Å²) in [6.07, 6.45) is 0.786. The lowest BCUT2D eigenvalue weighted by Gasteiger charge is -2.42. The molecule has 6 aromatic heterocycles. The van der Waals surface area contributed by atoms with Gasteiger partial charge in [0, 0.05) is 95.9 Å². The Morgan fingerprint density at radius 3 is 1.45 bits per heavy atom. The van der Waals surface area contributed by atoms with E-state index in [9.17, 15) is 0 Å². The van der Waals surface area contributed by atoms with Crippen molar-refractivity contribution in [1.82, 2.24) is 9.13 Å². The molecule has 0 bridgehead atoms. The second-order valence-electron chi connectivity index (χ2n) is 35.7. The van der Waals surface area contributed by atoms with Crippen LogP contribution in [0, 0.1) is 0 Å². The fraction of sp³-hybridized carbons (Fsp3) is 0.208. The first-order valence-corrected chi connectivity index (χ1v) is 39.5. The molecule has 0 amide bonds. The highest BCUT2D eigenvalue weighted by atomic mass is 32.1. The van der Waals surface area contributed by atoms with Gasteiger partial charge in [-0.05, 0) is 192 Å². The van der Waals surface area contributed by atoms with Crippen LogP contribution < -0.4 is 30.1 Å². The molecule has 10 heterocycles. The molecule has 0 unspecified atom stereocenters. The quantitative estimate of drug-likeness (QED) is 0.161. The van der Waals surface area contributed by atoms with E-state index in [1.165, 1.54) is 185 Å². The van der Waals surface area contributed by atoms with E-state index in [1.807, 2.05) is 22.7 Å². The Morgan fingerprint density at radius 1 is 0.349 bits per heavy atom. The van der Waals surface area contributed by atoms with Gasteiger partial charge in [-0.1, -0.05) is 212 Å². The summed E-state index contributed by atoms with van der Waals surface area (Å²) >= 11 is 3.94. The van der Waals surface area contributed by atoms with Crippen molar-refractivity contribution in [3.63, 3.8) is 0 Å². The van der Waals surface area contributed by atoms with E-state index in [0.717, 1.165) is 39.5 Å². The average Bonchev–Trinajstić information content (AvgIpc) is 1.51. The maximum Gasteiger partial charge on any atom is 0.343 e. The first-order chi connectivity index (χ1) is 50.9. The number of thiophene rings is 2. The molecule has 0 saturated carbocycles. The highest BCUT2D eigenvalue weighted by Gasteiger charge is 2.50. The summed E-state index contributed by atoms with van der Waals surface area (Å²) in [5.41, 5.74) is 30.9. The molecule has 0 fully saturated rings. The molecular weight excluding hydrogens is 1330 g/mol. The van der Waals surface area contributed by atoms with Crippen LogP contribution in [0.25, 0.3) is 141 Å². The average molecular weight is 1410 g/mol. The van der Waals surface area contributed by atoms with Crippen LogP contribution >= 0.6 is 22.7 Å². The van der Waals surface area contributed by atoms with Crippen LogP contribution in [-0.4, -0.2) is 22.8 Å². The highest BCUT2D eigenvalue weighted by Crippen LogP contribution is 2.57. The standard InChI is InChI=1S/C96H80B2N4O2S2/c1-92(2,3)53-33-39-59(40-34-53)102-71-42-35-54(93(4,5)6)47-64(71)77-78-62-28-20-23-31-72(62)103-88(78)81-63-50-57(36-41-69(63)100-85-67-49-56(95(10,11)12)38-45-75(67)106-91(85)98(102)83(77)87(81)100)96(13,14)51-52-32-43-73-65(46-52)79-76-61-27-19-22-30-70(61)101(58-24-16-15-17-25-58)97-82(76)86-80(89(79)104-73)60-26-18-21-29-68(60)99(86)84-66-48-55(94(7,8)9)37-44-74(66)105-90(84)97/h15-50H,51H2,1-14H3. The van der Waals surface area contributed by atoms with Crippen molar-refractivity contribution in [2.24, 2.45) is 0 Å². The van der Waals surface area contributed by atoms with Crippen molar-refractivity contribution in [3.05, 3.63) is 252 Å². The minimum atomic E-state index is -0.348. The molecule has 22 rings (SSSR count). The molecule has 0 spiro atoms. The van der Waals surface area contributed by atoms with Gasteiger partial charge in [-0.2, -0.15) is 0 Å². The van der Waals surface area contributed by atoms with Gasteiger partial charge in [0.15, 0.2) is 0 Å². The Balaban J connectivity index is 0.784. The van der Waals surface area contributed by atoms with Gasteiger partial charge in [0.2, 0.25) is 0 Å². The molecule has 12 aromatic carbocycles. The van der Waals surface area contributed by atoms with E-state index in [-0.39, 0.29) is 40.8 Å². The summed E-state index contributed by atoms with van der Waals surface area (Å²) in [6, 6.07) is 84.3. The molecule has 4 aliphatic heterocycles. The number of anilines is 4. The van der Waals surface area contributed by atoms with Crippen LogP contribution in [0.1, 0.15) is 130 Å². The lowest BCUT2D eigenvalue weighted by molar-refractivity contribution is 0.523. The minimum Gasteiger partial charge on any atom is -0.455 e. The fourth-order valence-corrected chi connectivity index (χ4v) is 21.9. The molecule has 0 radical (unpaired) electrons. The predicted molar refractivity (Wildman–Crippen MR) is 456 cm³/mol. The molecule has 0 saturated heterocycles. The predicted octanol–water partition coefficient (Wildman–Crippen LogP) is 24.3. The van der Waals surface area contributed by atoms with Gasteiger partial charge >= 0.3 is 13.7 Å². The summed E-state index contributed by atoms with van der Waals surface area (Å²) in [5.74, 6) is 0. The first kappa shape index (κ1) is 62.8. The molecule has 514 valence electrons. The van der Waals surface area contributed by atoms with Gasteiger partial charge in [0.05, 0.1) is 44.2 Å². The number of nitrogens with zero attached hydrogens (tertiary/aromatic N) is 4. The van der Waals surface area contributed by atoms with Crippen LogP contribution in [0.15, 0.2) is 227 Å². The second kappa shape index (κ2) is 21.0. The van der Waals surface area contributed by atoms with Gasteiger partial charge in [0.1, 0.15) is 22.3 Å². The van der Waals surface area contributed by atoms with Crippen LogP contribution in [0.2, 0.25) is 0 Å². The van der Waals surface area contributed by atoms with Crippen molar-refractivity contribution >= 4 is 187 Å². The largest absolute Gasteiger partial charge is 0.455 e. The second-order valence-corrected chi connectivity index (χ2v) is 37.8. The molecular formula is C96H80B2N4O2S2. The number of furan rings is 2. The lowest BCUT2D eigenvalue weighted by atomic mass is 9.46. The normalized spacial score (nSPS) is 14.3.